The van der Waals surface area contributed by atoms with Crippen molar-refractivity contribution < 1.29 is 9.90 Å². The summed E-state index contributed by atoms with van der Waals surface area (Å²) in [5.41, 5.74) is 2.41. The van der Waals surface area contributed by atoms with Gasteiger partial charge in [-0.2, -0.15) is 0 Å². The van der Waals surface area contributed by atoms with E-state index in [9.17, 15) is 9.90 Å². The summed E-state index contributed by atoms with van der Waals surface area (Å²) >= 11 is 1.34. The van der Waals surface area contributed by atoms with Crippen LogP contribution in [0.15, 0.2) is 94.8 Å². The van der Waals surface area contributed by atoms with Crippen LogP contribution in [-0.2, 0) is 4.79 Å². The van der Waals surface area contributed by atoms with E-state index in [0.29, 0.717) is 10.1 Å². The highest BCUT2D eigenvalue weighted by atomic mass is 32.2. The quantitative estimate of drug-likeness (QED) is 0.643. The van der Waals surface area contributed by atoms with Crippen LogP contribution in [0.4, 0.5) is 11.4 Å². The standard InChI is InChI=1S/C22H16N2O2S/c25-19-13-11-16(12-14-19)15-20-21(26)24(18-9-5-2-6-10-18)22(27-20)23-17-7-3-1-4-8-17/h1-15,25H/b20-15+,23-22?. The molecule has 0 unspecified atom stereocenters. The van der Waals surface area contributed by atoms with E-state index < -0.39 is 0 Å². The van der Waals surface area contributed by atoms with Crippen LogP contribution >= 0.6 is 11.8 Å². The summed E-state index contributed by atoms with van der Waals surface area (Å²) in [6, 6.07) is 25.8. The molecule has 1 aliphatic heterocycles. The number of hydrogen-bond acceptors (Lipinski definition) is 4. The van der Waals surface area contributed by atoms with Crippen LogP contribution in [0.1, 0.15) is 5.56 Å². The molecule has 4 rings (SSSR count). The van der Waals surface area contributed by atoms with Gasteiger partial charge in [0.15, 0.2) is 5.17 Å². The van der Waals surface area contributed by atoms with Gasteiger partial charge in [-0.1, -0.05) is 48.5 Å². The molecule has 0 spiro atoms. The number of hydrogen-bond donors (Lipinski definition) is 1. The Morgan fingerprint density at radius 1 is 0.852 bits per heavy atom. The molecule has 0 bridgehead atoms. The zero-order chi connectivity index (χ0) is 18.6. The predicted octanol–water partition coefficient (Wildman–Crippen LogP) is 5.20. The van der Waals surface area contributed by atoms with Gasteiger partial charge in [0.25, 0.3) is 5.91 Å². The summed E-state index contributed by atoms with van der Waals surface area (Å²) in [6.45, 7) is 0. The first-order valence-corrected chi connectivity index (χ1v) is 9.24. The fourth-order valence-corrected chi connectivity index (χ4v) is 3.69. The molecule has 1 saturated heterocycles. The normalized spacial score (nSPS) is 17.0. The minimum atomic E-state index is -0.117. The first-order chi connectivity index (χ1) is 13.2. The van der Waals surface area contributed by atoms with Crippen molar-refractivity contribution in [2.45, 2.75) is 0 Å². The number of phenolic OH excluding ortho intramolecular Hbond substituents is 1. The molecule has 0 saturated carbocycles. The number of amidine groups is 1. The van der Waals surface area contributed by atoms with Crippen molar-refractivity contribution in [1.82, 2.24) is 0 Å². The Morgan fingerprint density at radius 2 is 1.48 bits per heavy atom. The average molecular weight is 372 g/mol. The van der Waals surface area contributed by atoms with Gasteiger partial charge in [-0.05, 0) is 59.8 Å². The van der Waals surface area contributed by atoms with Gasteiger partial charge in [0.2, 0.25) is 0 Å². The van der Waals surface area contributed by atoms with Crippen LogP contribution in [0.2, 0.25) is 0 Å². The summed E-state index contributed by atoms with van der Waals surface area (Å²) in [5.74, 6) is 0.0775. The molecule has 1 N–H and O–H groups in total. The van der Waals surface area contributed by atoms with Gasteiger partial charge in [-0.15, -0.1) is 0 Å². The number of nitrogens with zero attached hydrogens (tertiary/aromatic N) is 2. The molecule has 3 aromatic rings. The summed E-state index contributed by atoms with van der Waals surface area (Å²) in [4.78, 5) is 20.0. The van der Waals surface area contributed by atoms with E-state index >= 15 is 0 Å². The number of anilines is 1. The highest BCUT2D eigenvalue weighted by molar-refractivity contribution is 8.19. The summed E-state index contributed by atoms with van der Waals surface area (Å²) in [5, 5.41) is 10.1. The van der Waals surface area contributed by atoms with E-state index in [1.165, 1.54) is 11.8 Å². The zero-order valence-electron chi connectivity index (χ0n) is 14.3. The molecule has 132 valence electrons. The molecule has 0 aliphatic carbocycles. The van der Waals surface area contributed by atoms with E-state index in [-0.39, 0.29) is 11.7 Å². The van der Waals surface area contributed by atoms with Gasteiger partial charge in [0.05, 0.1) is 16.3 Å². The van der Waals surface area contributed by atoms with Gasteiger partial charge >= 0.3 is 0 Å². The fourth-order valence-electron chi connectivity index (χ4n) is 2.69. The average Bonchev–Trinajstić information content (AvgIpc) is 3.00. The smallest absolute Gasteiger partial charge is 0.271 e. The van der Waals surface area contributed by atoms with Crippen molar-refractivity contribution in [3.05, 3.63) is 95.4 Å². The van der Waals surface area contributed by atoms with Crippen LogP contribution in [0, 0.1) is 0 Å². The third-order valence-electron chi connectivity index (χ3n) is 3.99. The van der Waals surface area contributed by atoms with Gasteiger partial charge < -0.3 is 5.11 Å². The lowest BCUT2D eigenvalue weighted by molar-refractivity contribution is -0.113. The topological polar surface area (TPSA) is 52.9 Å². The number of carbonyl (C=O) groups excluding carboxylic acids is 1. The van der Waals surface area contributed by atoms with Gasteiger partial charge in [0, 0.05) is 0 Å². The van der Waals surface area contributed by atoms with Crippen LogP contribution in [-0.4, -0.2) is 16.2 Å². The van der Waals surface area contributed by atoms with Gasteiger partial charge in [-0.3, -0.25) is 9.69 Å². The monoisotopic (exact) mass is 372 g/mol. The number of aliphatic imine (C=N–C) groups is 1. The van der Waals surface area contributed by atoms with Crippen molar-refractivity contribution in [3.63, 3.8) is 0 Å². The number of phenols is 1. The van der Waals surface area contributed by atoms with Crippen molar-refractivity contribution in [3.8, 4) is 5.75 Å². The van der Waals surface area contributed by atoms with E-state index in [2.05, 4.69) is 4.99 Å². The second kappa shape index (κ2) is 7.51. The second-order valence-corrected chi connectivity index (χ2v) is 6.92. The SMILES string of the molecule is O=C1/C(=C\c2ccc(O)cc2)SC(=Nc2ccccc2)N1c1ccccc1. The number of amides is 1. The Morgan fingerprint density at radius 3 is 2.15 bits per heavy atom. The lowest BCUT2D eigenvalue weighted by Gasteiger charge is -2.15. The Labute approximate surface area is 161 Å². The number of rotatable bonds is 3. The third-order valence-corrected chi connectivity index (χ3v) is 4.96. The maximum atomic E-state index is 13.1. The first kappa shape index (κ1) is 17.1. The molecule has 1 amide bonds. The Balaban J connectivity index is 1.76. The van der Waals surface area contributed by atoms with Crippen LogP contribution in [0.3, 0.4) is 0 Å². The maximum Gasteiger partial charge on any atom is 0.271 e. The van der Waals surface area contributed by atoms with E-state index in [4.69, 9.17) is 0 Å². The van der Waals surface area contributed by atoms with Gasteiger partial charge in [-0.25, -0.2) is 4.99 Å². The van der Waals surface area contributed by atoms with Crippen molar-refractivity contribution in [1.29, 1.82) is 0 Å². The minimum Gasteiger partial charge on any atom is -0.508 e. The van der Waals surface area contributed by atoms with E-state index in [0.717, 1.165) is 16.9 Å². The summed E-state index contributed by atoms with van der Waals surface area (Å²) < 4.78 is 0. The van der Waals surface area contributed by atoms with Crippen molar-refractivity contribution in [2.75, 3.05) is 4.90 Å². The number of carbonyl (C=O) groups is 1. The molecule has 3 aromatic carbocycles. The van der Waals surface area contributed by atoms with Gasteiger partial charge in [0.1, 0.15) is 5.75 Å². The lowest BCUT2D eigenvalue weighted by Crippen LogP contribution is -2.28. The van der Waals surface area contributed by atoms with Crippen LogP contribution < -0.4 is 4.90 Å². The number of benzene rings is 3. The second-order valence-electron chi connectivity index (χ2n) is 5.91. The Kier molecular flexibility index (Phi) is 4.77. The molecule has 1 fully saturated rings. The molecule has 5 heteroatoms. The number of aromatic hydroxyl groups is 1. The molecule has 27 heavy (non-hydrogen) atoms. The van der Waals surface area contributed by atoms with Crippen molar-refractivity contribution in [2.24, 2.45) is 4.99 Å². The predicted molar refractivity (Wildman–Crippen MR) is 111 cm³/mol. The highest BCUT2D eigenvalue weighted by Crippen LogP contribution is 2.37. The maximum absolute atomic E-state index is 13.1. The Hall–Kier alpha value is -3.31. The molecule has 0 atom stereocenters. The first-order valence-electron chi connectivity index (χ1n) is 8.42. The molecular formula is C22H16N2O2S. The van der Waals surface area contributed by atoms with Crippen molar-refractivity contribution >= 4 is 40.3 Å². The number of para-hydroxylation sites is 2. The number of thioether (sulfide) groups is 1. The molecular weight excluding hydrogens is 356 g/mol. The molecule has 1 aliphatic rings. The largest absolute Gasteiger partial charge is 0.508 e. The minimum absolute atomic E-state index is 0.117. The van der Waals surface area contributed by atoms with E-state index in [1.54, 1.807) is 29.2 Å². The fraction of sp³-hybridized carbons (Fsp3) is 0. The molecule has 1 heterocycles. The van der Waals surface area contributed by atoms with Crippen LogP contribution in [0.25, 0.3) is 6.08 Å². The third kappa shape index (κ3) is 3.78. The van der Waals surface area contributed by atoms with E-state index in [1.807, 2.05) is 66.7 Å². The summed E-state index contributed by atoms with van der Waals surface area (Å²) in [6.07, 6.45) is 1.82. The lowest BCUT2D eigenvalue weighted by atomic mass is 10.2. The Bertz CT molecular complexity index is 1010. The summed E-state index contributed by atoms with van der Waals surface area (Å²) in [7, 11) is 0. The molecule has 4 nitrogen and oxygen atoms in total. The van der Waals surface area contributed by atoms with Crippen LogP contribution in [0.5, 0.6) is 5.75 Å². The zero-order valence-corrected chi connectivity index (χ0v) is 15.1. The molecule has 0 aromatic heterocycles. The molecule has 0 radical (unpaired) electrons. The highest BCUT2D eigenvalue weighted by Gasteiger charge is 2.34.